The van der Waals surface area contributed by atoms with Crippen molar-refractivity contribution in [2.45, 2.75) is 25.3 Å². The second-order valence-corrected chi connectivity index (χ2v) is 4.07. The van der Waals surface area contributed by atoms with Crippen molar-refractivity contribution in [2.24, 2.45) is 17.4 Å². The van der Waals surface area contributed by atoms with E-state index in [9.17, 15) is 9.59 Å². The van der Waals surface area contributed by atoms with E-state index in [-0.39, 0.29) is 25.0 Å². The summed E-state index contributed by atoms with van der Waals surface area (Å²) < 4.78 is 0. The van der Waals surface area contributed by atoms with E-state index in [0.717, 1.165) is 19.3 Å². The molecule has 1 fully saturated rings. The van der Waals surface area contributed by atoms with E-state index in [1.165, 1.54) is 0 Å². The Labute approximate surface area is 94.2 Å². The first-order valence-electron chi connectivity index (χ1n) is 5.25. The van der Waals surface area contributed by atoms with Crippen molar-refractivity contribution in [3.05, 3.63) is 0 Å². The van der Waals surface area contributed by atoms with Crippen LogP contribution in [0.25, 0.3) is 0 Å². The third-order valence-corrected chi connectivity index (χ3v) is 2.83. The lowest BCUT2D eigenvalue weighted by molar-refractivity contribution is -0.123. The Bertz CT molecular complexity index is 307. The molecule has 6 heteroatoms. The highest BCUT2D eigenvalue weighted by Crippen LogP contribution is 2.29. The second-order valence-electron chi connectivity index (χ2n) is 4.07. The number of primary amides is 2. The van der Waals surface area contributed by atoms with Gasteiger partial charge in [0.2, 0.25) is 11.8 Å². The number of nitrogens with two attached hydrogens (primary N) is 2. The molecule has 88 valence electrons. The fourth-order valence-corrected chi connectivity index (χ4v) is 2.22. The van der Waals surface area contributed by atoms with Gasteiger partial charge in [0.1, 0.15) is 0 Å². The van der Waals surface area contributed by atoms with Crippen LogP contribution in [0, 0.1) is 17.2 Å². The summed E-state index contributed by atoms with van der Waals surface area (Å²) in [5.74, 6) is -1.16. The quantitative estimate of drug-likeness (QED) is 0.620. The van der Waals surface area contributed by atoms with Gasteiger partial charge in [0.15, 0.2) is 0 Å². The lowest BCUT2D eigenvalue weighted by Gasteiger charge is -2.28. The molecule has 0 bridgehead atoms. The third-order valence-electron chi connectivity index (χ3n) is 2.83. The molecule has 6 nitrogen and oxygen atoms in total. The zero-order chi connectivity index (χ0) is 12.1. The number of nitrogens with zero attached hydrogens (tertiary/aromatic N) is 2. The van der Waals surface area contributed by atoms with E-state index in [1.807, 2.05) is 0 Å². The van der Waals surface area contributed by atoms with Crippen molar-refractivity contribution < 1.29 is 9.59 Å². The molecule has 2 unspecified atom stereocenters. The SMILES string of the molecule is N#CC1CCCC1N(CC(N)=O)CC(N)=O. The summed E-state index contributed by atoms with van der Waals surface area (Å²) in [5, 5.41) is 8.94. The Morgan fingerprint density at radius 1 is 1.25 bits per heavy atom. The first-order valence-corrected chi connectivity index (χ1v) is 5.25. The molecule has 0 saturated heterocycles. The Morgan fingerprint density at radius 2 is 1.81 bits per heavy atom. The van der Waals surface area contributed by atoms with Gasteiger partial charge in [0.05, 0.1) is 25.1 Å². The fraction of sp³-hybridized carbons (Fsp3) is 0.700. The molecule has 16 heavy (non-hydrogen) atoms. The normalized spacial score (nSPS) is 24.2. The molecule has 0 heterocycles. The Balaban J connectivity index is 2.71. The van der Waals surface area contributed by atoms with Crippen LogP contribution in [0.4, 0.5) is 0 Å². The topological polar surface area (TPSA) is 113 Å². The molecule has 4 N–H and O–H groups in total. The standard InChI is InChI=1S/C10H16N4O2/c11-4-7-2-1-3-8(7)14(5-9(12)15)6-10(13)16/h7-8H,1-3,5-6H2,(H2,12,15)(H2,13,16). The van der Waals surface area contributed by atoms with E-state index in [4.69, 9.17) is 16.7 Å². The summed E-state index contributed by atoms with van der Waals surface area (Å²) in [6.45, 7) is -0.0441. The van der Waals surface area contributed by atoms with Gasteiger partial charge < -0.3 is 11.5 Å². The van der Waals surface area contributed by atoms with Crippen LogP contribution >= 0.6 is 0 Å². The maximum Gasteiger partial charge on any atom is 0.231 e. The zero-order valence-electron chi connectivity index (χ0n) is 9.06. The monoisotopic (exact) mass is 224 g/mol. The maximum atomic E-state index is 10.9. The van der Waals surface area contributed by atoms with Gasteiger partial charge in [-0.15, -0.1) is 0 Å². The Kier molecular flexibility index (Phi) is 4.26. The number of amides is 2. The van der Waals surface area contributed by atoms with E-state index in [2.05, 4.69) is 6.07 Å². The lowest BCUT2D eigenvalue weighted by Crippen LogP contribution is -2.46. The summed E-state index contributed by atoms with van der Waals surface area (Å²) in [7, 11) is 0. The van der Waals surface area contributed by atoms with Gasteiger partial charge in [-0.3, -0.25) is 14.5 Å². The summed E-state index contributed by atoms with van der Waals surface area (Å²) in [5.41, 5.74) is 10.2. The number of carbonyl (C=O) groups is 2. The molecular weight excluding hydrogens is 208 g/mol. The first-order chi connectivity index (χ1) is 7.54. The van der Waals surface area contributed by atoms with Crippen molar-refractivity contribution >= 4 is 11.8 Å². The summed E-state index contributed by atoms with van der Waals surface area (Å²) >= 11 is 0. The van der Waals surface area contributed by atoms with Crippen molar-refractivity contribution in [2.75, 3.05) is 13.1 Å². The number of hydrogen-bond donors (Lipinski definition) is 2. The summed E-state index contributed by atoms with van der Waals surface area (Å²) in [4.78, 5) is 23.4. The van der Waals surface area contributed by atoms with Crippen LogP contribution in [0.2, 0.25) is 0 Å². The minimum atomic E-state index is -0.509. The molecule has 0 aromatic carbocycles. The molecule has 2 atom stereocenters. The number of nitriles is 1. The summed E-state index contributed by atoms with van der Waals surface area (Å²) in [6, 6.07) is 2.12. The number of rotatable bonds is 5. The predicted octanol–water partition coefficient (Wildman–Crippen LogP) is -1.05. The minimum absolute atomic E-state index is 0.0220. The minimum Gasteiger partial charge on any atom is -0.369 e. The largest absolute Gasteiger partial charge is 0.369 e. The first kappa shape index (κ1) is 12.5. The molecule has 1 rings (SSSR count). The Morgan fingerprint density at radius 3 is 2.25 bits per heavy atom. The molecule has 1 saturated carbocycles. The second kappa shape index (κ2) is 5.47. The van der Waals surface area contributed by atoms with Crippen LogP contribution in [0.15, 0.2) is 0 Å². The number of hydrogen-bond acceptors (Lipinski definition) is 4. The molecule has 1 aliphatic rings. The van der Waals surface area contributed by atoms with Crippen LogP contribution in [0.5, 0.6) is 0 Å². The fourth-order valence-electron chi connectivity index (χ4n) is 2.22. The summed E-state index contributed by atoms with van der Waals surface area (Å²) in [6.07, 6.45) is 2.53. The molecule has 0 aliphatic heterocycles. The zero-order valence-corrected chi connectivity index (χ0v) is 9.06. The van der Waals surface area contributed by atoms with E-state index in [0.29, 0.717) is 0 Å². The average Bonchev–Trinajstić information content (AvgIpc) is 2.62. The van der Waals surface area contributed by atoms with Crippen LogP contribution in [-0.2, 0) is 9.59 Å². The van der Waals surface area contributed by atoms with Gasteiger partial charge in [-0.2, -0.15) is 5.26 Å². The van der Waals surface area contributed by atoms with Gasteiger partial charge in [-0.25, -0.2) is 0 Å². The van der Waals surface area contributed by atoms with E-state index in [1.54, 1.807) is 4.90 Å². The van der Waals surface area contributed by atoms with Crippen molar-refractivity contribution in [1.82, 2.24) is 4.90 Å². The van der Waals surface area contributed by atoms with Crippen LogP contribution in [0.3, 0.4) is 0 Å². The van der Waals surface area contributed by atoms with Gasteiger partial charge in [-0.05, 0) is 12.8 Å². The predicted molar refractivity (Wildman–Crippen MR) is 56.7 cm³/mol. The van der Waals surface area contributed by atoms with Gasteiger partial charge in [-0.1, -0.05) is 6.42 Å². The van der Waals surface area contributed by atoms with Crippen molar-refractivity contribution in [1.29, 1.82) is 5.26 Å². The van der Waals surface area contributed by atoms with Gasteiger partial charge in [0.25, 0.3) is 0 Å². The Hall–Kier alpha value is -1.61. The number of carbonyl (C=O) groups excluding carboxylic acids is 2. The van der Waals surface area contributed by atoms with Crippen molar-refractivity contribution in [3.8, 4) is 6.07 Å². The molecule has 2 amide bonds. The molecular formula is C10H16N4O2. The highest BCUT2D eigenvalue weighted by Gasteiger charge is 2.33. The molecule has 0 radical (unpaired) electrons. The van der Waals surface area contributed by atoms with Crippen molar-refractivity contribution in [3.63, 3.8) is 0 Å². The molecule has 0 spiro atoms. The van der Waals surface area contributed by atoms with E-state index < -0.39 is 11.8 Å². The highest BCUT2D eigenvalue weighted by atomic mass is 16.2. The average molecular weight is 224 g/mol. The molecule has 0 aromatic rings. The van der Waals surface area contributed by atoms with Gasteiger partial charge in [0, 0.05) is 6.04 Å². The maximum absolute atomic E-state index is 10.9. The van der Waals surface area contributed by atoms with Crippen LogP contribution < -0.4 is 11.5 Å². The smallest absolute Gasteiger partial charge is 0.231 e. The third kappa shape index (κ3) is 3.21. The van der Waals surface area contributed by atoms with E-state index >= 15 is 0 Å². The molecule has 0 aromatic heterocycles. The highest BCUT2D eigenvalue weighted by molar-refractivity contribution is 5.79. The lowest BCUT2D eigenvalue weighted by atomic mass is 10.0. The van der Waals surface area contributed by atoms with Gasteiger partial charge >= 0.3 is 0 Å². The van der Waals surface area contributed by atoms with Crippen LogP contribution in [0.1, 0.15) is 19.3 Å². The van der Waals surface area contributed by atoms with Crippen LogP contribution in [-0.4, -0.2) is 35.8 Å². The molecule has 1 aliphatic carbocycles.